The van der Waals surface area contributed by atoms with Gasteiger partial charge in [-0.3, -0.25) is 4.90 Å². The number of carboxylic acid groups (broad SMARTS) is 1. The lowest BCUT2D eigenvalue weighted by Crippen LogP contribution is -2.34. The molecule has 1 aromatic heterocycles. The third kappa shape index (κ3) is 3.50. The van der Waals surface area contributed by atoms with E-state index in [1.54, 1.807) is 57.8 Å². The van der Waals surface area contributed by atoms with Crippen molar-refractivity contribution in [1.29, 1.82) is 0 Å². The van der Waals surface area contributed by atoms with Gasteiger partial charge in [0.05, 0.1) is 11.1 Å². The van der Waals surface area contributed by atoms with Gasteiger partial charge < -0.3 is 14.4 Å². The summed E-state index contributed by atoms with van der Waals surface area (Å²) in [5, 5.41) is 9.90. The van der Waals surface area contributed by atoms with Crippen molar-refractivity contribution < 1.29 is 19.4 Å². The Hall–Kier alpha value is -2.02. The van der Waals surface area contributed by atoms with Gasteiger partial charge in [-0.05, 0) is 48.8 Å². The number of fused-ring (bicyclic) bond motifs is 1. The molecule has 0 spiro atoms. The zero-order chi connectivity index (χ0) is 17.5. The second-order valence-electron chi connectivity index (χ2n) is 6.32. The molecule has 1 aromatic carbocycles. The van der Waals surface area contributed by atoms with E-state index in [-0.39, 0.29) is 5.56 Å². The van der Waals surface area contributed by atoms with Crippen molar-refractivity contribution in [2.45, 2.75) is 26.4 Å². The molecule has 1 N–H and O–H groups in total. The molecule has 0 aliphatic heterocycles. The number of rotatable bonds is 2. The number of carbonyl (C=O) groups excluding carboxylic acids is 1. The molecule has 1 heterocycles. The fourth-order valence-electron chi connectivity index (χ4n) is 2.28. The summed E-state index contributed by atoms with van der Waals surface area (Å²) in [6.07, 6.45) is 1.05. The molecule has 23 heavy (non-hydrogen) atoms. The number of carbonyl (C=O) groups is 2. The molecule has 0 unspecified atom stereocenters. The Bertz CT molecular complexity index is 789. The van der Waals surface area contributed by atoms with Crippen LogP contribution in [0, 0.1) is 0 Å². The summed E-state index contributed by atoms with van der Waals surface area (Å²) in [7, 11) is 3.36. The number of carboxylic acids is 1. The lowest BCUT2D eigenvalue weighted by atomic mass is 10.1. The first kappa shape index (κ1) is 17.3. The first-order valence-electron chi connectivity index (χ1n) is 7.00. The Morgan fingerprint density at radius 3 is 2.43 bits per heavy atom. The zero-order valence-electron chi connectivity index (χ0n) is 13.7. The number of hydrogen-bond donors (Lipinski definition) is 1. The van der Waals surface area contributed by atoms with Crippen molar-refractivity contribution in [2.75, 3.05) is 11.9 Å². The minimum atomic E-state index is -1.01. The first-order valence-corrected chi connectivity index (χ1v) is 7.79. The number of aromatic carboxylic acids is 1. The van der Waals surface area contributed by atoms with E-state index < -0.39 is 17.7 Å². The molecule has 0 atom stereocenters. The monoisotopic (exact) mass is 382 g/mol. The van der Waals surface area contributed by atoms with Crippen molar-refractivity contribution in [3.63, 3.8) is 0 Å². The molecule has 0 fully saturated rings. The van der Waals surface area contributed by atoms with Crippen LogP contribution in [-0.4, -0.2) is 34.4 Å². The fourth-order valence-corrected chi connectivity index (χ4v) is 3.00. The van der Waals surface area contributed by atoms with Gasteiger partial charge >= 0.3 is 12.1 Å². The van der Waals surface area contributed by atoms with Crippen LogP contribution < -0.4 is 4.90 Å². The van der Waals surface area contributed by atoms with Crippen LogP contribution in [0.3, 0.4) is 0 Å². The highest BCUT2D eigenvalue weighted by Gasteiger charge is 2.23. The molecule has 0 bridgehead atoms. The number of nitrogens with zero attached hydrogens (tertiary/aromatic N) is 2. The third-order valence-electron chi connectivity index (χ3n) is 3.30. The van der Waals surface area contributed by atoms with Gasteiger partial charge in [-0.2, -0.15) is 0 Å². The predicted octanol–water partition coefficient (Wildman–Crippen LogP) is 4.01. The van der Waals surface area contributed by atoms with Crippen molar-refractivity contribution in [1.82, 2.24) is 4.57 Å². The van der Waals surface area contributed by atoms with Crippen molar-refractivity contribution in [3.8, 4) is 0 Å². The molecule has 7 heteroatoms. The van der Waals surface area contributed by atoms with Gasteiger partial charge in [-0.1, -0.05) is 0 Å². The van der Waals surface area contributed by atoms with E-state index in [4.69, 9.17) is 4.74 Å². The van der Waals surface area contributed by atoms with E-state index >= 15 is 0 Å². The standard InChI is InChI=1S/C16H19BrN2O4/c1-16(2,3)23-15(22)19(5)9-6-10-11(14(20)21)8-18(4)13(10)12(17)7-9/h6-8H,1-5H3,(H,20,21). The SMILES string of the molecule is CN(C(=O)OC(C)(C)C)c1cc(Br)c2c(c1)c(C(=O)O)cn2C. The molecule has 1 amide bonds. The number of hydrogen-bond acceptors (Lipinski definition) is 3. The van der Waals surface area contributed by atoms with Crippen LogP contribution in [0.4, 0.5) is 10.5 Å². The average Bonchev–Trinajstić information content (AvgIpc) is 2.73. The molecule has 0 radical (unpaired) electrons. The third-order valence-corrected chi connectivity index (χ3v) is 3.90. The molecule has 0 aliphatic rings. The summed E-state index contributed by atoms with van der Waals surface area (Å²) >= 11 is 3.45. The molecule has 0 aliphatic carbocycles. The first-order chi connectivity index (χ1) is 10.5. The Morgan fingerprint density at radius 1 is 1.30 bits per heavy atom. The Morgan fingerprint density at radius 2 is 1.91 bits per heavy atom. The van der Waals surface area contributed by atoms with Crippen LogP contribution in [0.15, 0.2) is 22.8 Å². The normalized spacial score (nSPS) is 11.6. The van der Waals surface area contributed by atoms with Gasteiger partial charge in [-0.25, -0.2) is 9.59 Å². The van der Waals surface area contributed by atoms with E-state index in [0.29, 0.717) is 15.5 Å². The quantitative estimate of drug-likeness (QED) is 0.851. The van der Waals surface area contributed by atoms with Gasteiger partial charge in [-0.15, -0.1) is 0 Å². The summed E-state index contributed by atoms with van der Waals surface area (Å²) in [4.78, 5) is 25.0. The molecule has 2 aromatic rings. The highest BCUT2D eigenvalue weighted by Crippen LogP contribution is 2.33. The number of aromatic nitrogens is 1. The highest BCUT2D eigenvalue weighted by molar-refractivity contribution is 9.10. The van der Waals surface area contributed by atoms with Crippen molar-refractivity contribution in [3.05, 3.63) is 28.4 Å². The molecular formula is C16H19BrN2O4. The topological polar surface area (TPSA) is 71.8 Å². The van der Waals surface area contributed by atoms with Gasteiger partial charge in [0.15, 0.2) is 0 Å². The smallest absolute Gasteiger partial charge is 0.414 e. The molecule has 124 valence electrons. The summed E-state index contributed by atoms with van der Waals surface area (Å²) in [6, 6.07) is 3.44. The Balaban J connectivity index is 2.52. The molecule has 6 nitrogen and oxygen atoms in total. The number of ether oxygens (including phenoxy) is 1. The lowest BCUT2D eigenvalue weighted by Gasteiger charge is -2.25. The average molecular weight is 383 g/mol. The van der Waals surface area contributed by atoms with Crippen LogP contribution in [0.1, 0.15) is 31.1 Å². The van der Waals surface area contributed by atoms with E-state index in [1.807, 2.05) is 0 Å². The maximum absolute atomic E-state index is 12.2. The van der Waals surface area contributed by atoms with E-state index in [2.05, 4.69) is 15.9 Å². The van der Waals surface area contributed by atoms with Crippen molar-refractivity contribution in [2.24, 2.45) is 7.05 Å². The molecule has 2 rings (SSSR count). The largest absolute Gasteiger partial charge is 0.478 e. The van der Waals surface area contributed by atoms with Gasteiger partial charge in [0.1, 0.15) is 5.60 Å². The number of anilines is 1. The second kappa shape index (κ2) is 5.88. The van der Waals surface area contributed by atoms with Gasteiger partial charge in [0, 0.05) is 35.8 Å². The molecular weight excluding hydrogens is 364 g/mol. The second-order valence-corrected chi connectivity index (χ2v) is 7.18. The van der Waals surface area contributed by atoms with Gasteiger partial charge in [0.2, 0.25) is 0 Å². The van der Waals surface area contributed by atoms with Crippen LogP contribution in [0.2, 0.25) is 0 Å². The summed E-state index contributed by atoms with van der Waals surface area (Å²) in [5.74, 6) is -1.01. The number of aryl methyl sites for hydroxylation is 1. The van der Waals surface area contributed by atoms with Crippen LogP contribution in [0.25, 0.3) is 10.9 Å². The summed E-state index contributed by atoms with van der Waals surface area (Å²) in [5.41, 5.74) is 0.879. The fraction of sp³-hybridized carbons (Fsp3) is 0.375. The van der Waals surface area contributed by atoms with Gasteiger partial charge in [0.25, 0.3) is 0 Å². The van der Waals surface area contributed by atoms with E-state index in [0.717, 1.165) is 5.52 Å². The van der Waals surface area contributed by atoms with Crippen LogP contribution in [0.5, 0.6) is 0 Å². The molecule has 0 saturated carbocycles. The number of benzene rings is 1. The van der Waals surface area contributed by atoms with Crippen LogP contribution >= 0.6 is 15.9 Å². The molecule has 0 saturated heterocycles. The van der Waals surface area contributed by atoms with Crippen LogP contribution in [-0.2, 0) is 11.8 Å². The maximum atomic E-state index is 12.2. The number of halogens is 1. The number of amides is 1. The zero-order valence-corrected chi connectivity index (χ0v) is 15.3. The predicted molar refractivity (Wildman–Crippen MR) is 92.2 cm³/mol. The Kier molecular flexibility index (Phi) is 4.43. The maximum Gasteiger partial charge on any atom is 0.414 e. The minimum absolute atomic E-state index is 0.183. The summed E-state index contributed by atoms with van der Waals surface area (Å²) < 4.78 is 7.78. The summed E-state index contributed by atoms with van der Waals surface area (Å²) in [6.45, 7) is 5.37. The minimum Gasteiger partial charge on any atom is -0.478 e. The highest BCUT2D eigenvalue weighted by atomic mass is 79.9. The Labute approximate surface area is 142 Å². The lowest BCUT2D eigenvalue weighted by molar-refractivity contribution is 0.0588. The van der Waals surface area contributed by atoms with E-state index in [1.165, 1.54) is 4.90 Å². The van der Waals surface area contributed by atoms with E-state index in [9.17, 15) is 14.7 Å². The van der Waals surface area contributed by atoms with Crippen molar-refractivity contribution >= 4 is 44.6 Å².